The van der Waals surface area contributed by atoms with Crippen LogP contribution in [0.2, 0.25) is 5.02 Å². The summed E-state index contributed by atoms with van der Waals surface area (Å²) in [5.74, 6) is 1.30. The molecule has 2 aliphatic heterocycles. The third-order valence-electron chi connectivity index (χ3n) is 5.65. The van der Waals surface area contributed by atoms with Gasteiger partial charge in [-0.25, -0.2) is 4.98 Å². The summed E-state index contributed by atoms with van der Waals surface area (Å²) in [5, 5.41) is 16.0. The van der Waals surface area contributed by atoms with Crippen LogP contribution in [0.3, 0.4) is 0 Å². The predicted octanol–water partition coefficient (Wildman–Crippen LogP) is -0.406. The van der Waals surface area contributed by atoms with E-state index in [1.165, 1.54) is 0 Å². The Morgan fingerprint density at radius 1 is 1.12 bits per heavy atom. The van der Waals surface area contributed by atoms with Crippen LogP contribution < -0.4 is 76.2 Å². The fourth-order valence-corrected chi connectivity index (χ4v) is 4.09. The Labute approximate surface area is 232 Å². The van der Waals surface area contributed by atoms with E-state index in [1.807, 2.05) is 35.2 Å². The number of ether oxygens (including phenoxy) is 2. The van der Waals surface area contributed by atoms with E-state index in [9.17, 15) is 9.90 Å². The van der Waals surface area contributed by atoms with Crippen molar-refractivity contribution >= 4 is 40.2 Å². The van der Waals surface area contributed by atoms with E-state index in [0.29, 0.717) is 49.3 Å². The van der Waals surface area contributed by atoms with Gasteiger partial charge in [0.2, 0.25) is 12.7 Å². The van der Waals surface area contributed by atoms with Crippen LogP contribution in [-0.2, 0) is 11.3 Å². The number of halogens is 1. The second-order valence-corrected chi connectivity index (χ2v) is 8.09. The first kappa shape index (κ1) is 23.5. The van der Waals surface area contributed by atoms with E-state index >= 15 is 0 Å². The number of anilines is 2. The number of carbonyl (C=O) groups is 1. The van der Waals surface area contributed by atoms with Gasteiger partial charge in [0.05, 0.1) is 5.52 Å². The Morgan fingerprint density at radius 2 is 1.91 bits per heavy atom. The molecule has 0 spiro atoms. The first-order valence-electron chi connectivity index (χ1n) is 10.1. The van der Waals surface area contributed by atoms with Gasteiger partial charge in [0.15, 0.2) is 11.5 Å². The van der Waals surface area contributed by atoms with Crippen molar-refractivity contribution in [1.29, 1.82) is 0 Å². The molecule has 5 rings (SSSR count). The zero-order valence-corrected chi connectivity index (χ0v) is 21.5. The molecule has 32 heavy (non-hydrogen) atoms. The van der Waals surface area contributed by atoms with Gasteiger partial charge in [-0.3, -0.25) is 0 Å². The van der Waals surface area contributed by atoms with Crippen LogP contribution in [0.15, 0.2) is 36.4 Å². The summed E-state index contributed by atoms with van der Waals surface area (Å²) in [6, 6.07) is 11.3. The summed E-state index contributed by atoms with van der Waals surface area (Å²) < 4.78 is 10.8. The molecule has 10 heteroatoms. The normalized spacial score (nSPS) is 15.5. The topological polar surface area (TPSA) is 99.6 Å². The van der Waals surface area contributed by atoms with E-state index in [0.717, 1.165) is 28.0 Å². The van der Waals surface area contributed by atoms with Gasteiger partial charge in [-0.15, -0.1) is 0 Å². The minimum Gasteiger partial charge on any atom is -0.550 e. The second-order valence-electron chi connectivity index (χ2n) is 7.66. The van der Waals surface area contributed by atoms with Gasteiger partial charge >= 0.3 is 51.4 Å². The average molecular weight is 479 g/mol. The number of hydrogen-bond acceptors (Lipinski definition) is 8. The fourth-order valence-electron chi connectivity index (χ4n) is 3.92. The maximum Gasteiger partial charge on any atom is 1.00 e. The number of fused-ring (bicyclic) bond motifs is 2. The van der Waals surface area contributed by atoms with Gasteiger partial charge in [0.1, 0.15) is 5.82 Å². The zero-order chi connectivity index (χ0) is 21.4. The predicted molar refractivity (Wildman–Crippen MR) is 114 cm³/mol. The van der Waals surface area contributed by atoms with Crippen LogP contribution in [0.25, 0.3) is 10.9 Å². The molecule has 0 saturated carbocycles. The van der Waals surface area contributed by atoms with Crippen LogP contribution in [0.4, 0.5) is 11.8 Å². The molecule has 3 aromatic rings. The number of aliphatic carboxylic acids is 1. The molecule has 2 aliphatic rings. The summed E-state index contributed by atoms with van der Waals surface area (Å²) in [7, 11) is 0. The quantitative estimate of drug-likeness (QED) is 0.494. The van der Waals surface area contributed by atoms with Crippen molar-refractivity contribution in [2.45, 2.75) is 19.4 Å². The monoisotopic (exact) mass is 478 g/mol. The maximum atomic E-state index is 11.1. The molecule has 0 radical (unpaired) electrons. The molecular weight excluding hydrogens is 459 g/mol. The number of nitrogens with one attached hydrogen (secondary N) is 1. The Bertz CT molecular complexity index is 1150. The number of nitrogens with zero attached hydrogens (tertiary/aromatic N) is 3. The minimum atomic E-state index is -0.986. The zero-order valence-electron chi connectivity index (χ0n) is 17.6. The van der Waals surface area contributed by atoms with Gasteiger partial charge in [-0.2, -0.15) is 4.98 Å². The summed E-state index contributed by atoms with van der Waals surface area (Å²) in [5.41, 5.74) is 1.79. The molecule has 2 aromatic carbocycles. The molecule has 160 valence electrons. The summed E-state index contributed by atoms with van der Waals surface area (Å²) in [6.45, 7) is 1.90. The van der Waals surface area contributed by atoms with Crippen molar-refractivity contribution < 1.29 is 70.8 Å². The van der Waals surface area contributed by atoms with Crippen LogP contribution in [0.5, 0.6) is 11.5 Å². The summed E-state index contributed by atoms with van der Waals surface area (Å²) >= 11 is 6.22. The summed E-state index contributed by atoms with van der Waals surface area (Å²) in [6.07, 6.45) is 1.04. The van der Waals surface area contributed by atoms with Gasteiger partial charge in [-0.1, -0.05) is 17.7 Å². The molecule has 0 bridgehead atoms. The SMILES string of the molecule is O=C([O-])C1CCN(c2nc(NCc3ccc4c(c3)OCO4)c3cc(Cl)ccc3n2)CC1.[K+]. The van der Waals surface area contributed by atoms with E-state index in [2.05, 4.69) is 10.3 Å². The fraction of sp³-hybridized carbons (Fsp3) is 0.318. The van der Waals surface area contributed by atoms with Crippen molar-refractivity contribution in [3.05, 3.63) is 47.0 Å². The second kappa shape index (κ2) is 10.1. The van der Waals surface area contributed by atoms with Crippen molar-refractivity contribution in [2.24, 2.45) is 5.92 Å². The first-order chi connectivity index (χ1) is 15.1. The number of rotatable bonds is 5. The molecule has 3 heterocycles. The van der Waals surface area contributed by atoms with Crippen molar-refractivity contribution in [3.63, 3.8) is 0 Å². The third kappa shape index (κ3) is 4.98. The molecule has 1 aromatic heterocycles. The van der Waals surface area contributed by atoms with Crippen LogP contribution in [0.1, 0.15) is 18.4 Å². The summed E-state index contributed by atoms with van der Waals surface area (Å²) in [4.78, 5) is 22.6. The number of hydrogen-bond donors (Lipinski definition) is 1. The molecule has 8 nitrogen and oxygen atoms in total. The Morgan fingerprint density at radius 3 is 2.69 bits per heavy atom. The number of carboxylic acid groups (broad SMARTS) is 1. The molecule has 1 saturated heterocycles. The van der Waals surface area contributed by atoms with E-state index in [4.69, 9.17) is 26.1 Å². The molecule has 1 fully saturated rings. The number of piperidine rings is 1. The Kier molecular flexibility index (Phi) is 7.43. The van der Waals surface area contributed by atoms with E-state index in [1.54, 1.807) is 6.07 Å². The van der Waals surface area contributed by atoms with Crippen molar-refractivity contribution in [3.8, 4) is 11.5 Å². The Balaban J connectivity index is 0.00000245. The molecule has 0 aliphatic carbocycles. The van der Waals surface area contributed by atoms with Gasteiger partial charge < -0.3 is 29.6 Å². The molecular formula is C22H20ClKN4O4. The number of aromatic nitrogens is 2. The Hall–Kier alpha value is -1.62. The molecule has 0 unspecified atom stereocenters. The molecule has 0 amide bonds. The largest absolute Gasteiger partial charge is 1.00 e. The smallest absolute Gasteiger partial charge is 0.550 e. The first-order valence-corrected chi connectivity index (χ1v) is 10.5. The van der Waals surface area contributed by atoms with Crippen molar-refractivity contribution in [2.75, 3.05) is 30.1 Å². The molecule has 0 atom stereocenters. The van der Waals surface area contributed by atoms with Gasteiger partial charge in [0, 0.05) is 41.9 Å². The van der Waals surface area contributed by atoms with E-state index < -0.39 is 11.9 Å². The molecule has 1 N–H and O–H groups in total. The van der Waals surface area contributed by atoms with E-state index in [-0.39, 0.29) is 58.2 Å². The van der Waals surface area contributed by atoms with Gasteiger partial charge in [-0.05, 0) is 48.7 Å². The number of carbonyl (C=O) groups excluding carboxylic acids is 1. The number of carboxylic acids is 1. The van der Waals surface area contributed by atoms with Crippen LogP contribution >= 0.6 is 11.6 Å². The third-order valence-corrected chi connectivity index (χ3v) is 5.89. The minimum absolute atomic E-state index is 0. The average Bonchev–Trinajstić information content (AvgIpc) is 3.25. The standard InChI is InChI=1S/C22H21ClN4O4.K/c23-15-2-3-17-16(10-15)20(24-11-13-1-4-18-19(9-13)31-12-30-18)26-22(25-17)27-7-5-14(6-8-27)21(28)29;/h1-4,9-10,14H,5-8,11-12H2,(H,28,29)(H,24,25,26);/q;+1/p-1. The van der Waals surface area contributed by atoms with Gasteiger partial charge in [0.25, 0.3) is 0 Å². The number of benzene rings is 2. The maximum absolute atomic E-state index is 11.1. The van der Waals surface area contributed by atoms with Crippen LogP contribution in [-0.4, -0.2) is 35.8 Å². The van der Waals surface area contributed by atoms with Crippen LogP contribution in [0, 0.1) is 5.92 Å². The van der Waals surface area contributed by atoms with Crippen molar-refractivity contribution in [1.82, 2.24) is 9.97 Å².